The number of carbonyl (C=O) groups is 2. The number of hydrogen-bond donors (Lipinski definition) is 1. The molecule has 2 aromatic carbocycles. The molecule has 4 rings (SSSR count). The number of carbonyl (C=O) groups excluding carboxylic acids is 2. The van der Waals surface area contributed by atoms with Gasteiger partial charge < -0.3 is 19.5 Å². The second-order valence-corrected chi connectivity index (χ2v) is 6.03. The van der Waals surface area contributed by atoms with Crippen LogP contribution in [0.2, 0.25) is 0 Å². The van der Waals surface area contributed by atoms with Crippen molar-refractivity contribution in [1.82, 2.24) is 4.90 Å². The van der Waals surface area contributed by atoms with Gasteiger partial charge in [-0.05, 0) is 35.9 Å². The third-order valence-electron chi connectivity index (χ3n) is 4.49. The molecule has 0 bridgehead atoms. The van der Waals surface area contributed by atoms with Crippen molar-refractivity contribution < 1.29 is 28.6 Å². The van der Waals surface area contributed by atoms with Crippen molar-refractivity contribution in [2.45, 2.75) is 6.04 Å². The zero-order valence-corrected chi connectivity index (χ0v) is 13.7. The molecule has 0 saturated carbocycles. The van der Waals surface area contributed by atoms with Crippen LogP contribution in [0.5, 0.6) is 11.5 Å². The average molecular weight is 355 g/mol. The van der Waals surface area contributed by atoms with Gasteiger partial charge >= 0.3 is 0 Å². The Balaban J connectivity index is 1.86. The van der Waals surface area contributed by atoms with Gasteiger partial charge in [-0.1, -0.05) is 12.1 Å². The van der Waals surface area contributed by atoms with E-state index >= 15 is 0 Å². The number of rotatable bonds is 2. The third-order valence-corrected chi connectivity index (χ3v) is 4.49. The Hall–Kier alpha value is -3.35. The van der Waals surface area contributed by atoms with Gasteiger partial charge in [-0.3, -0.25) is 9.59 Å². The van der Waals surface area contributed by atoms with Crippen LogP contribution >= 0.6 is 0 Å². The van der Waals surface area contributed by atoms with Crippen LogP contribution < -0.4 is 9.47 Å². The van der Waals surface area contributed by atoms with Crippen LogP contribution in [0.1, 0.15) is 17.2 Å². The number of amides is 1. The topological polar surface area (TPSA) is 76.1 Å². The minimum absolute atomic E-state index is 0.0716. The summed E-state index contributed by atoms with van der Waals surface area (Å²) in [6.07, 6.45) is 0. The van der Waals surface area contributed by atoms with Crippen LogP contribution in [-0.2, 0) is 9.59 Å². The van der Waals surface area contributed by atoms with Crippen molar-refractivity contribution in [3.05, 3.63) is 65.0 Å². The normalized spacial score (nSPS) is 20.7. The Labute approximate surface area is 148 Å². The fraction of sp³-hybridized carbons (Fsp3) is 0.158. The summed E-state index contributed by atoms with van der Waals surface area (Å²) in [5, 5.41) is 10.7. The molecule has 2 heterocycles. The van der Waals surface area contributed by atoms with Gasteiger partial charge in [0, 0.05) is 12.6 Å². The van der Waals surface area contributed by atoms with Crippen LogP contribution in [-0.4, -0.2) is 35.5 Å². The molecule has 1 atom stereocenters. The first-order valence-electron chi connectivity index (χ1n) is 7.87. The van der Waals surface area contributed by atoms with Crippen LogP contribution in [0.3, 0.4) is 0 Å². The maximum Gasteiger partial charge on any atom is 0.295 e. The number of ether oxygens (including phenoxy) is 2. The van der Waals surface area contributed by atoms with E-state index in [9.17, 15) is 19.1 Å². The average Bonchev–Trinajstić information content (AvgIpc) is 3.19. The summed E-state index contributed by atoms with van der Waals surface area (Å²) in [5.74, 6) is -1.47. The van der Waals surface area contributed by atoms with Crippen molar-refractivity contribution >= 4 is 17.4 Å². The van der Waals surface area contributed by atoms with Gasteiger partial charge in [-0.2, -0.15) is 0 Å². The predicted molar refractivity (Wildman–Crippen MR) is 89.0 cm³/mol. The molecular weight excluding hydrogens is 341 g/mol. The Morgan fingerprint density at radius 2 is 1.92 bits per heavy atom. The Bertz CT molecular complexity index is 968. The molecule has 132 valence electrons. The monoisotopic (exact) mass is 355 g/mol. The summed E-state index contributed by atoms with van der Waals surface area (Å²) in [6, 6.07) is 9.41. The largest absolute Gasteiger partial charge is 0.507 e. The second-order valence-electron chi connectivity index (χ2n) is 6.03. The number of hydrogen-bond acceptors (Lipinski definition) is 5. The number of aliphatic hydroxyl groups excluding tert-OH is 1. The SMILES string of the molecule is CN1C(=O)C(=O)/C(=C(/O)c2ccc3c(c2)OCO3)C1c1cccc(F)c1. The lowest BCUT2D eigenvalue weighted by molar-refractivity contribution is -0.139. The van der Waals surface area contributed by atoms with E-state index in [-0.39, 0.29) is 18.1 Å². The van der Waals surface area contributed by atoms with Gasteiger partial charge in [0.25, 0.3) is 11.7 Å². The molecule has 1 amide bonds. The van der Waals surface area contributed by atoms with Gasteiger partial charge in [0.2, 0.25) is 6.79 Å². The molecule has 0 aliphatic carbocycles. The number of Topliss-reactive ketones (excluding diaryl/α,β-unsaturated/α-hetero) is 1. The molecule has 2 aliphatic rings. The van der Waals surface area contributed by atoms with Crippen molar-refractivity contribution in [3.63, 3.8) is 0 Å². The van der Waals surface area contributed by atoms with Crippen molar-refractivity contribution in [1.29, 1.82) is 0 Å². The van der Waals surface area contributed by atoms with Gasteiger partial charge in [0.1, 0.15) is 11.6 Å². The summed E-state index contributed by atoms with van der Waals surface area (Å²) in [6.45, 7) is 0.0716. The number of likely N-dealkylation sites (N-methyl/N-ethyl adjacent to an activating group) is 1. The van der Waals surface area contributed by atoms with E-state index < -0.39 is 23.5 Å². The zero-order valence-electron chi connectivity index (χ0n) is 13.7. The second kappa shape index (κ2) is 5.87. The van der Waals surface area contributed by atoms with Gasteiger partial charge in [-0.15, -0.1) is 0 Å². The first kappa shape index (κ1) is 16.1. The summed E-state index contributed by atoms with van der Waals surface area (Å²) in [5.41, 5.74) is 0.609. The van der Waals surface area contributed by atoms with Crippen molar-refractivity contribution in [2.75, 3.05) is 13.8 Å². The zero-order chi connectivity index (χ0) is 18.4. The molecule has 1 unspecified atom stereocenters. The molecule has 2 aromatic rings. The molecule has 0 aromatic heterocycles. The molecule has 0 radical (unpaired) electrons. The Kier molecular flexibility index (Phi) is 3.64. The van der Waals surface area contributed by atoms with E-state index in [1.807, 2.05) is 0 Å². The molecule has 6 nitrogen and oxygen atoms in total. The summed E-state index contributed by atoms with van der Waals surface area (Å²) in [7, 11) is 1.44. The van der Waals surface area contributed by atoms with Crippen molar-refractivity contribution in [3.8, 4) is 11.5 Å². The number of fused-ring (bicyclic) bond motifs is 1. The Morgan fingerprint density at radius 3 is 2.69 bits per heavy atom. The third kappa shape index (κ3) is 2.40. The lowest BCUT2D eigenvalue weighted by Gasteiger charge is -2.21. The Morgan fingerprint density at radius 1 is 1.15 bits per heavy atom. The van der Waals surface area contributed by atoms with Gasteiger partial charge in [0.15, 0.2) is 11.5 Å². The fourth-order valence-corrected chi connectivity index (χ4v) is 3.21. The fourth-order valence-electron chi connectivity index (χ4n) is 3.21. The summed E-state index contributed by atoms with van der Waals surface area (Å²) in [4.78, 5) is 25.9. The lowest BCUT2D eigenvalue weighted by Crippen LogP contribution is -2.24. The minimum atomic E-state index is -0.879. The molecule has 0 spiro atoms. The van der Waals surface area contributed by atoms with Gasteiger partial charge in [-0.25, -0.2) is 4.39 Å². The maximum atomic E-state index is 13.6. The molecule has 1 fully saturated rings. The van der Waals surface area contributed by atoms with E-state index in [4.69, 9.17) is 9.47 Å². The first-order valence-corrected chi connectivity index (χ1v) is 7.87. The van der Waals surface area contributed by atoms with Crippen LogP contribution in [0.15, 0.2) is 48.0 Å². The standard InChI is InChI=1S/C19H14FNO5/c1-21-16(10-3-2-4-12(20)7-10)15(18(23)19(21)24)17(22)11-5-6-13-14(8-11)26-9-25-13/h2-8,16,22H,9H2,1H3/b17-15+. The minimum Gasteiger partial charge on any atom is -0.507 e. The molecule has 7 heteroatoms. The van der Waals surface area contributed by atoms with E-state index in [0.717, 1.165) is 0 Å². The van der Waals surface area contributed by atoms with Crippen molar-refractivity contribution in [2.24, 2.45) is 0 Å². The lowest BCUT2D eigenvalue weighted by atomic mass is 9.95. The smallest absolute Gasteiger partial charge is 0.295 e. The highest BCUT2D eigenvalue weighted by atomic mass is 19.1. The highest BCUT2D eigenvalue weighted by molar-refractivity contribution is 6.46. The number of benzene rings is 2. The van der Waals surface area contributed by atoms with Crippen LogP contribution in [0.4, 0.5) is 4.39 Å². The van der Waals surface area contributed by atoms with E-state index in [1.54, 1.807) is 18.2 Å². The highest BCUT2D eigenvalue weighted by Crippen LogP contribution is 2.40. The first-order chi connectivity index (χ1) is 12.5. The van der Waals surface area contributed by atoms with E-state index in [1.165, 1.54) is 36.2 Å². The molecule has 1 N–H and O–H groups in total. The van der Waals surface area contributed by atoms with Crippen LogP contribution in [0.25, 0.3) is 5.76 Å². The quantitative estimate of drug-likeness (QED) is 0.509. The number of nitrogens with zero attached hydrogens (tertiary/aromatic N) is 1. The maximum absolute atomic E-state index is 13.6. The molecule has 1 saturated heterocycles. The number of ketones is 1. The van der Waals surface area contributed by atoms with E-state index in [2.05, 4.69) is 0 Å². The van der Waals surface area contributed by atoms with E-state index in [0.29, 0.717) is 22.6 Å². The highest BCUT2D eigenvalue weighted by Gasteiger charge is 2.44. The summed E-state index contributed by atoms with van der Waals surface area (Å²) < 4.78 is 24.2. The number of halogens is 1. The number of aliphatic hydroxyl groups is 1. The predicted octanol–water partition coefficient (Wildman–Crippen LogP) is 2.61. The number of likely N-dealkylation sites (tertiary alicyclic amines) is 1. The molecule has 2 aliphatic heterocycles. The summed E-state index contributed by atoms with van der Waals surface area (Å²) >= 11 is 0. The molecular formula is C19H14FNO5. The van der Waals surface area contributed by atoms with Gasteiger partial charge in [0.05, 0.1) is 11.6 Å². The van der Waals surface area contributed by atoms with Crippen LogP contribution in [0, 0.1) is 5.82 Å². The molecule has 26 heavy (non-hydrogen) atoms.